The molecule has 3 rings (SSSR count). The average molecular weight is 296 g/mol. The Kier molecular flexibility index (Phi) is 4.83. The van der Waals surface area contributed by atoms with Crippen molar-refractivity contribution in [1.29, 1.82) is 0 Å². The summed E-state index contributed by atoms with van der Waals surface area (Å²) in [6.45, 7) is 6.36. The number of hydrogen-bond donors (Lipinski definition) is 0. The molecular formula is C16H22F2N2O. The van der Waals surface area contributed by atoms with E-state index in [1.54, 1.807) is 6.07 Å². The van der Waals surface area contributed by atoms with Crippen molar-refractivity contribution >= 4 is 0 Å². The lowest BCUT2D eigenvalue weighted by molar-refractivity contribution is -0.00359. The number of benzene rings is 1. The molecule has 0 amide bonds. The Morgan fingerprint density at radius 3 is 2.67 bits per heavy atom. The fraction of sp³-hybridized carbons (Fsp3) is 0.625. The third-order valence-corrected chi connectivity index (χ3v) is 4.43. The molecule has 1 aromatic rings. The number of rotatable bonds is 3. The van der Waals surface area contributed by atoms with Crippen molar-refractivity contribution in [2.75, 3.05) is 39.4 Å². The molecule has 0 aliphatic carbocycles. The Hall–Kier alpha value is -1.04. The van der Waals surface area contributed by atoms with Crippen molar-refractivity contribution < 1.29 is 13.5 Å². The second kappa shape index (κ2) is 6.81. The van der Waals surface area contributed by atoms with Crippen molar-refractivity contribution in [2.24, 2.45) is 0 Å². The lowest BCUT2D eigenvalue weighted by Gasteiger charge is -2.40. The van der Waals surface area contributed by atoms with Crippen LogP contribution in [0.4, 0.5) is 8.78 Å². The van der Waals surface area contributed by atoms with Crippen molar-refractivity contribution in [1.82, 2.24) is 9.80 Å². The summed E-state index contributed by atoms with van der Waals surface area (Å²) in [7, 11) is 0. The van der Waals surface area contributed by atoms with Gasteiger partial charge in [0.2, 0.25) is 0 Å². The Bertz CT molecular complexity index is 477. The van der Waals surface area contributed by atoms with Crippen LogP contribution < -0.4 is 0 Å². The summed E-state index contributed by atoms with van der Waals surface area (Å²) in [6, 6.07) is 4.77. The number of piperidine rings is 1. The van der Waals surface area contributed by atoms with Gasteiger partial charge in [-0.25, -0.2) is 8.78 Å². The molecule has 0 aromatic heterocycles. The number of halogens is 2. The van der Waals surface area contributed by atoms with Crippen LogP contribution in [0.5, 0.6) is 0 Å². The minimum absolute atomic E-state index is 0.563. The van der Waals surface area contributed by atoms with Crippen molar-refractivity contribution in [3.05, 3.63) is 35.4 Å². The molecule has 2 saturated heterocycles. The summed E-state index contributed by atoms with van der Waals surface area (Å²) in [5.41, 5.74) is 0.844. The van der Waals surface area contributed by atoms with E-state index >= 15 is 0 Å². The second-order valence-electron chi connectivity index (χ2n) is 5.93. The van der Waals surface area contributed by atoms with Crippen LogP contribution in [-0.2, 0) is 11.3 Å². The molecule has 21 heavy (non-hydrogen) atoms. The van der Waals surface area contributed by atoms with Gasteiger partial charge in [-0.15, -0.1) is 0 Å². The average Bonchev–Trinajstić information content (AvgIpc) is 2.52. The number of likely N-dealkylation sites (tertiary alicyclic amines) is 1. The molecule has 0 N–H and O–H groups in total. The maximum atomic E-state index is 13.3. The molecule has 0 spiro atoms. The zero-order chi connectivity index (χ0) is 14.7. The zero-order valence-electron chi connectivity index (χ0n) is 12.2. The van der Waals surface area contributed by atoms with Gasteiger partial charge in [-0.3, -0.25) is 9.80 Å². The molecule has 5 heteroatoms. The molecular weight excluding hydrogens is 274 g/mol. The molecule has 2 aliphatic heterocycles. The predicted octanol–water partition coefficient (Wildman–Crippen LogP) is 2.26. The van der Waals surface area contributed by atoms with Crippen molar-refractivity contribution in [3.8, 4) is 0 Å². The van der Waals surface area contributed by atoms with Crippen LogP contribution in [0.15, 0.2) is 18.2 Å². The summed E-state index contributed by atoms with van der Waals surface area (Å²) in [4.78, 5) is 4.84. The standard InChI is InChI=1S/C16H22F2N2O/c17-15-4-3-13(10-16(15)18)11-19-5-1-2-14(12-19)20-6-8-21-9-7-20/h3-4,10,14H,1-2,5-9,11-12H2. The lowest BCUT2D eigenvalue weighted by Crippen LogP contribution is -2.51. The second-order valence-corrected chi connectivity index (χ2v) is 5.93. The first-order valence-corrected chi connectivity index (χ1v) is 7.70. The van der Waals surface area contributed by atoms with Gasteiger partial charge in [-0.1, -0.05) is 6.07 Å². The van der Waals surface area contributed by atoms with Gasteiger partial charge in [0, 0.05) is 32.2 Å². The Morgan fingerprint density at radius 1 is 1.10 bits per heavy atom. The molecule has 0 radical (unpaired) electrons. The minimum Gasteiger partial charge on any atom is -0.379 e. The van der Waals surface area contributed by atoms with Gasteiger partial charge in [0.05, 0.1) is 13.2 Å². The van der Waals surface area contributed by atoms with Crippen molar-refractivity contribution in [3.63, 3.8) is 0 Å². The topological polar surface area (TPSA) is 15.7 Å². The van der Waals surface area contributed by atoms with Crippen molar-refractivity contribution in [2.45, 2.75) is 25.4 Å². The molecule has 116 valence electrons. The van der Waals surface area contributed by atoms with Gasteiger partial charge >= 0.3 is 0 Å². The Morgan fingerprint density at radius 2 is 1.90 bits per heavy atom. The van der Waals surface area contributed by atoms with Gasteiger partial charge in [-0.2, -0.15) is 0 Å². The predicted molar refractivity (Wildman–Crippen MR) is 77.0 cm³/mol. The molecule has 1 atom stereocenters. The van der Waals surface area contributed by atoms with Crippen LogP contribution in [0.3, 0.4) is 0 Å². The Labute approximate surface area is 124 Å². The van der Waals surface area contributed by atoms with Gasteiger partial charge in [0.25, 0.3) is 0 Å². The summed E-state index contributed by atoms with van der Waals surface area (Å²) in [6.07, 6.45) is 2.37. The first-order valence-electron chi connectivity index (χ1n) is 7.70. The smallest absolute Gasteiger partial charge is 0.159 e. The number of morpholine rings is 1. The summed E-state index contributed by atoms with van der Waals surface area (Å²) in [5, 5.41) is 0. The molecule has 1 unspecified atom stereocenters. The van der Waals surface area contributed by atoms with Gasteiger partial charge in [0.15, 0.2) is 11.6 Å². The highest BCUT2D eigenvalue weighted by Crippen LogP contribution is 2.19. The van der Waals surface area contributed by atoms with E-state index in [1.165, 1.54) is 18.6 Å². The maximum absolute atomic E-state index is 13.3. The van der Waals surface area contributed by atoms with E-state index in [1.807, 2.05) is 0 Å². The molecule has 0 saturated carbocycles. The third-order valence-electron chi connectivity index (χ3n) is 4.43. The highest BCUT2D eigenvalue weighted by atomic mass is 19.2. The van der Waals surface area contributed by atoms with Gasteiger partial charge in [0.1, 0.15) is 0 Å². The monoisotopic (exact) mass is 296 g/mol. The number of ether oxygens (including phenoxy) is 1. The zero-order valence-corrected chi connectivity index (χ0v) is 12.2. The molecule has 2 aliphatic rings. The normalized spacial score (nSPS) is 25.1. The minimum atomic E-state index is -0.774. The summed E-state index contributed by atoms with van der Waals surface area (Å²) in [5.74, 6) is -1.53. The quantitative estimate of drug-likeness (QED) is 0.851. The van der Waals surface area contributed by atoms with Gasteiger partial charge in [-0.05, 0) is 37.1 Å². The van der Waals surface area contributed by atoms with Crippen LogP contribution >= 0.6 is 0 Å². The van der Waals surface area contributed by atoms with Crippen LogP contribution in [-0.4, -0.2) is 55.2 Å². The molecule has 2 heterocycles. The summed E-state index contributed by atoms with van der Waals surface area (Å²) >= 11 is 0. The van der Waals surface area contributed by atoms with Crippen LogP contribution in [0.25, 0.3) is 0 Å². The molecule has 3 nitrogen and oxygen atoms in total. The molecule has 2 fully saturated rings. The lowest BCUT2D eigenvalue weighted by atomic mass is 10.0. The largest absolute Gasteiger partial charge is 0.379 e. The Balaban J connectivity index is 1.59. The van der Waals surface area contributed by atoms with E-state index in [9.17, 15) is 8.78 Å². The van der Waals surface area contributed by atoms with Crippen LogP contribution in [0.1, 0.15) is 18.4 Å². The van der Waals surface area contributed by atoms with E-state index in [4.69, 9.17) is 4.74 Å². The van der Waals surface area contributed by atoms with E-state index in [0.717, 1.165) is 51.4 Å². The molecule has 1 aromatic carbocycles. The fourth-order valence-electron chi connectivity index (χ4n) is 3.31. The van der Waals surface area contributed by atoms with Crippen LogP contribution in [0.2, 0.25) is 0 Å². The highest BCUT2D eigenvalue weighted by Gasteiger charge is 2.26. The van der Waals surface area contributed by atoms with Crippen LogP contribution in [0, 0.1) is 11.6 Å². The number of nitrogens with zero attached hydrogens (tertiary/aromatic N) is 2. The van der Waals surface area contributed by atoms with E-state index in [-0.39, 0.29) is 0 Å². The first-order chi connectivity index (χ1) is 10.2. The van der Waals surface area contributed by atoms with E-state index in [0.29, 0.717) is 12.6 Å². The first kappa shape index (κ1) is 14.9. The van der Waals surface area contributed by atoms with E-state index in [2.05, 4.69) is 9.80 Å². The summed E-state index contributed by atoms with van der Waals surface area (Å²) < 4.78 is 31.7. The van der Waals surface area contributed by atoms with Gasteiger partial charge < -0.3 is 4.74 Å². The third kappa shape index (κ3) is 3.78. The maximum Gasteiger partial charge on any atom is 0.159 e. The highest BCUT2D eigenvalue weighted by molar-refractivity contribution is 5.17. The fourth-order valence-corrected chi connectivity index (χ4v) is 3.31. The SMILES string of the molecule is Fc1ccc(CN2CCCC(N3CCOCC3)C2)cc1F. The molecule has 0 bridgehead atoms. The van der Waals surface area contributed by atoms with E-state index < -0.39 is 11.6 Å². The number of hydrogen-bond acceptors (Lipinski definition) is 3.